The van der Waals surface area contributed by atoms with E-state index in [9.17, 15) is 35.9 Å². The minimum Gasteiger partial charge on any atom is -0.434 e. The number of rotatable bonds is 6. The molecule has 8 nitrogen and oxygen atoms in total. The van der Waals surface area contributed by atoms with E-state index >= 15 is 0 Å². The highest BCUT2D eigenvalue weighted by Gasteiger charge is 2.24. The molecule has 4 aromatic carbocycles. The lowest BCUT2D eigenvalue weighted by molar-refractivity contribution is 0.103. The van der Waals surface area contributed by atoms with E-state index < -0.39 is 57.6 Å². The molecule has 8 rings (SSSR count). The van der Waals surface area contributed by atoms with Gasteiger partial charge >= 0.3 is 0 Å². The van der Waals surface area contributed by atoms with Gasteiger partial charge < -0.3 is 8.83 Å². The summed E-state index contributed by atoms with van der Waals surface area (Å²) in [7, 11) is 0. The van der Waals surface area contributed by atoms with Gasteiger partial charge in [-0.15, -0.1) is 22.7 Å². The summed E-state index contributed by atoms with van der Waals surface area (Å²) in [5, 5.41) is 1.75. The second-order valence-corrected chi connectivity index (χ2v) is 12.3. The summed E-state index contributed by atoms with van der Waals surface area (Å²) in [6.07, 6.45) is 2.32. The second-order valence-electron chi connectivity index (χ2n) is 10.2. The van der Waals surface area contributed by atoms with Crippen molar-refractivity contribution < 1.29 is 44.8 Å². The fourth-order valence-corrected chi connectivity index (χ4v) is 6.49. The molecule has 0 spiro atoms. The maximum atomic E-state index is 14.2. The quantitative estimate of drug-likeness (QED) is 0.0967. The normalized spacial score (nSPS) is 11.7. The SMILES string of the molecule is O=C(c1cnc(-c2nc3cc4cc5oc(-c6ncc(C(=O)c7cc(F)c(F)cc7F)s6)nc5cc4cc3o2)s1)c1cc(F)c(F)cc1F. The van der Waals surface area contributed by atoms with E-state index in [1.807, 2.05) is 0 Å². The van der Waals surface area contributed by atoms with Crippen molar-refractivity contribution in [2.75, 3.05) is 0 Å². The Morgan fingerprint density at radius 2 is 0.917 bits per heavy atom. The van der Waals surface area contributed by atoms with Crippen LogP contribution in [0.4, 0.5) is 26.3 Å². The Morgan fingerprint density at radius 1 is 0.521 bits per heavy atom. The highest BCUT2D eigenvalue weighted by atomic mass is 32.1. The molecule has 0 radical (unpaired) electrons. The summed E-state index contributed by atoms with van der Waals surface area (Å²) in [4.78, 5) is 42.6. The Balaban J connectivity index is 1.08. The predicted molar refractivity (Wildman–Crippen MR) is 161 cm³/mol. The van der Waals surface area contributed by atoms with Crippen molar-refractivity contribution in [2.24, 2.45) is 0 Å². The van der Waals surface area contributed by atoms with Crippen LogP contribution in [0.15, 0.2) is 69.8 Å². The van der Waals surface area contributed by atoms with Gasteiger partial charge in [-0.25, -0.2) is 46.3 Å². The third-order valence-electron chi connectivity index (χ3n) is 7.19. The first-order valence-electron chi connectivity index (χ1n) is 13.5. The fraction of sp³-hybridized carbons (Fsp3) is 0. The maximum absolute atomic E-state index is 14.2. The largest absolute Gasteiger partial charge is 0.434 e. The number of nitrogens with zero attached hydrogens (tertiary/aromatic N) is 4. The van der Waals surface area contributed by atoms with Crippen LogP contribution in [-0.4, -0.2) is 31.5 Å². The van der Waals surface area contributed by atoms with Gasteiger partial charge in [-0.3, -0.25) is 9.59 Å². The smallest absolute Gasteiger partial charge is 0.256 e. The molecule has 16 heteroatoms. The highest BCUT2D eigenvalue weighted by Crippen LogP contribution is 2.35. The molecule has 4 heterocycles. The molecule has 236 valence electrons. The van der Waals surface area contributed by atoms with Crippen molar-refractivity contribution >= 4 is 67.2 Å². The van der Waals surface area contributed by atoms with Crippen molar-refractivity contribution in [2.45, 2.75) is 0 Å². The number of benzene rings is 4. The Morgan fingerprint density at radius 3 is 1.33 bits per heavy atom. The monoisotopic (exact) mass is 692 g/mol. The first kappa shape index (κ1) is 29.6. The van der Waals surface area contributed by atoms with Crippen LogP contribution in [-0.2, 0) is 0 Å². The lowest BCUT2D eigenvalue weighted by Crippen LogP contribution is -2.04. The molecular formula is C32H10F6N4O4S2. The first-order chi connectivity index (χ1) is 23.0. The summed E-state index contributed by atoms with van der Waals surface area (Å²) in [6.45, 7) is 0. The standard InChI is InChI=1S/C32H10F6N4O4S2/c33-15-7-19(37)17(35)5-13(15)27(43)25-9-39-31(47-25)29-41-21-1-11-3-24-22(2-12(11)4-23(21)45-29)42-30(46-24)32-40-10-26(48-32)28(44)14-6-18(36)20(38)8-16(14)34/h1-10H. The van der Waals surface area contributed by atoms with E-state index in [1.54, 1.807) is 24.3 Å². The molecule has 0 N–H and O–H groups in total. The van der Waals surface area contributed by atoms with Gasteiger partial charge in [0.1, 0.15) is 22.7 Å². The predicted octanol–water partition coefficient (Wildman–Crippen LogP) is 8.67. The van der Waals surface area contributed by atoms with Gasteiger partial charge in [0.25, 0.3) is 11.8 Å². The summed E-state index contributed by atoms with van der Waals surface area (Å²) in [5.74, 6) is -9.62. The summed E-state index contributed by atoms with van der Waals surface area (Å²) in [5.41, 5.74) is 0.299. The van der Waals surface area contributed by atoms with Crippen molar-refractivity contribution in [3.63, 3.8) is 0 Å². The lowest BCUT2D eigenvalue weighted by atomic mass is 10.1. The van der Waals surface area contributed by atoms with Crippen LogP contribution in [0.5, 0.6) is 0 Å². The molecule has 0 aliphatic heterocycles. The molecule has 0 aliphatic carbocycles. The molecule has 0 fully saturated rings. The van der Waals surface area contributed by atoms with Crippen molar-refractivity contribution in [3.05, 3.63) is 117 Å². The van der Waals surface area contributed by atoms with Crippen molar-refractivity contribution in [1.29, 1.82) is 0 Å². The molecular weight excluding hydrogens is 682 g/mol. The zero-order valence-electron chi connectivity index (χ0n) is 23.3. The van der Waals surface area contributed by atoms with Gasteiger partial charge in [-0.05, 0) is 47.2 Å². The minimum atomic E-state index is -1.42. The van der Waals surface area contributed by atoms with Crippen molar-refractivity contribution in [3.8, 4) is 21.8 Å². The number of hydrogen-bond donors (Lipinski definition) is 0. The number of ketones is 2. The molecule has 0 unspecified atom stereocenters. The highest BCUT2D eigenvalue weighted by molar-refractivity contribution is 7.17. The topological polar surface area (TPSA) is 112 Å². The summed E-state index contributed by atoms with van der Waals surface area (Å²) in [6, 6.07) is 8.39. The maximum Gasteiger partial charge on any atom is 0.256 e. The number of halogens is 6. The average Bonchev–Trinajstić information content (AvgIpc) is 3.87. The number of carbonyl (C=O) groups is 2. The van der Waals surface area contributed by atoms with Gasteiger partial charge in [0, 0.05) is 12.1 Å². The average molecular weight is 693 g/mol. The third-order valence-corrected chi connectivity index (χ3v) is 9.16. The van der Waals surface area contributed by atoms with Crippen molar-refractivity contribution in [1.82, 2.24) is 19.9 Å². The van der Waals surface area contributed by atoms with Crippen LogP contribution in [0, 0.1) is 34.9 Å². The number of fused-ring (bicyclic) bond motifs is 3. The van der Waals surface area contributed by atoms with E-state index in [-0.39, 0.29) is 31.6 Å². The molecule has 0 amide bonds. The van der Waals surface area contributed by atoms with Crippen LogP contribution in [0.3, 0.4) is 0 Å². The second kappa shape index (κ2) is 10.9. The van der Waals surface area contributed by atoms with E-state index in [0.29, 0.717) is 57.2 Å². The zero-order chi connectivity index (χ0) is 33.4. The van der Waals surface area contributed by atoms with Gasteiger partial charge in [-0.2, -0.15) is 0 Å². The number of carbonyl (C=O) groups excluding carboxylic acids is 2. The Kier molecular flexibility index (Phi) is 6.74. The van der Waals surface area contributed by atoms with Crippen LogP contribution in [0.1, 0.15) is 30.5 Å². The first-order valence-corrected chi connectivity index (χ1v) is 15.1. The van der Waals surface area contributed by atoms with Gasteiger partial charge in [0.15, 0.2) is 44.5 Å². The molecule has 0 atom stereocenters. The molecule has 0 bridgehead atoms. The van der Waals surface area contributed by atoms with Gasteiger partial charge in [-0.1, -0.05) is 0 Å². The van der Waals surface area contributed by atoms with E-state index in [4.69, 9.17) is 8.83 Å². The van der Waals surface area contributed by atoms with E-state index in [1.165, 1.54) is 0 Å². The lowest BCUT2D eigenvalue weighted by Gasteiger charge is -2.01. The molecule has 8 aromatic rings. The summed E-state index contributed by atoms with van der Waals surface area (Å²) < 4.78 is 93.9. The molecule has 0 aliphatic rings. The minimum absolute atomic E-state index is 0.0437. The Labute approximate surface area is 269 Å². The molecule has 48 heavy (non-hydrogen) atoms. The van der Waals surface area contributed by atoms with Gasteiger partial charge in [0.2, 0.25) is 11.6 Å². The van der Waals surface area contributed by atoms with E-state index in [0.717, 1.165) is 35.1 Å². The number of oxazole rings is 2. The van der Waals surface area contributed by atoms with Gasteiger partial charge in [0.05, 0.1) is 33.3 Å². The van der Waals surface area contributed by atoms with Crippen LogP contribution < -0.4 is 0 Å². The molecule has 0 saturated carbocycles. The molecule has 0 saturated heterocycles. The Hall–Kier alpha value is -5.74. The van der Waals surface area contributed by atoms with Crippen LogP contribution in [0.25, 0.3) is 54.8 Å². The van der Waals surface area contributed by atoms with Crippen LogP contribution in [0.2, 0.25) is 0 Å². The zero-order valence-corrected chi connectivity index (χ0v) is 24.9. The number of thiazole rings is 2. The Bertz CT molecular complexity index is 2420. The number of hydrogen-bond acceptors (Lipinski definition) is 10. The fourth-order valence-electron chi connectivity index (χ4n) is 4.89. The van der Waals surface area contributed by atoms with Crippen LogP contribution >= 0.6 is 22.7 Å². The number of aromatic nitrogens is 4. The molecule has 4 aromatic heterocycles. The third kappa shape index (κ3) is 4.92. The van der Waals surface area contributed by atoms with E-state index in [2.05, 4.69) is 19.9 Å². The summed E-state index contributed by atoms with van der Waals surface area (Å²) >= 11 is 1.67.